The van der Waals surface area contributed by atoms with Crippen LogP contribution >= 0.6 is 0 Å². The van der Waals surface area contributed by atoms with Gasteiger partial charge in [-0.3, -0.25) is 4.99 Å². The molecule has 1 rings (SSSR count). The molecule has 3 nitrogen and oxygen atoms in total. The largest absolute Gasteiger partial charge is 0.390 e. The van der Waals surface area contributed by atoms with E-state index in [1.807, 2.05) is 26.8 Å². The molecule has 0 radical (unpaired) electrons. The van der Waals surface area contributed by atoms with Gasteiger partial charge in [-0.25, -0.2) is 4.39 Å². The van der Waals surface area contributed by atoms with Gasteiger partial charge >= 0.3 is 6.18 Å². The van der Waals surface area contributed by atoms with E-state index in [-0.39, 0.29) is 12.4 Å². The fourth-order valence-electron chi connectivity index (χ4n) is 1.94. The molecule has 0 aliphatic heterocycles. The highest BCUT2D eigenvalue weighted by molar-refractivity contribution is 5.79. The van der Waals surface area contributed by atoms with E-state index < -0.39 is 18.0 Å². The molecular formula is C16H23F4N3. The van der Waals surface area contributed by atoms with E-state index in [9.17, 15) is 17.6 Å². The Morgan fingerprint density at radius 1 is 1.17 bits per heavy atom. The lowest BCUT2D eigenvalue weighted by atomic mass is 9.85. The monoisotopic (exact) mass is 333 g/mol. The Hall–Kier alpha value is -1.79. The number of halogens is 4. The number of nitrogens with zero attached hydrogens (tertiary/aromatic N) is 1. The lowest BCUT2D eigenvalue weighted by Gasteiger charge is -2.24. The topological polar surface area (TPSA) is 36.4 Å². The van der Waals surface area contributed by atoms with Crippen LogP contribution in [0, 0.1) is 5.82 Å². The summed E-state index contributed by atoms with van der Waals surface area (Å²) in [6, 6.07) is 6.25. The number of nitrogens with one attached hydrogen (secondary N) is 2. The Bertz CT molecular complexity index is 524. The molecule has 0 aliphatic carbocycles. The van der Waals surface area contributed by atoms with Gasteiger partial charge in [0.05, 0.1) is 13.0 Å². The number of benzene rings is 1. The molecule has 0 atom stereocenters. The van der Waals surface area contributed by atoms with Gasteiger partial charge in [0.15, 0.2) is 5.96 Å². The van der Waals surface area contributed by atoms with Gasteiger partial charge in [0.25, 0.3) is 0 Å². The summed E-state index contributed by atoms with van der Waals surface area (Å²) in [4.78, 5) is 4.32. The highest BCUT2D eigenvalue weighted by Gasteiger charge is 2.26. The summed E-state index contributed by atoms with van der Waals surface area (Å²) in [7, 11) is 0. The first kappa shape index (κ1) is 19.3. The molecule has 0 aromatic heterocycles. The zero-order valence-electron chi connectivity index (χ0n) is 13.6. The van der Waals surface area contributed by atoms with Gasteiger partial charge in [-0.15, -0.1) is 0 Å². The van der Waals surface area contributed by atoms with Crippen molar-refractivity contribution >= 4 is 5.96 Å². The minimum atomic E-state index is -4.20. The van der Waals surface area contributed by atoms with E-state index in [0.29, 0.717) is 19.0 Å². The van der Waals surface area contributed by atoms with Crippen LogP contribution < -0.4 is 10.6 Å². The minimum absolute atomic E-state index is 0.240. The maximum atomic E-state index is 13.3. The molecule has 2 N–H and O–H groups in total. The second-order valence-electron chi connectivity index (χ2n) is 5.88. The van der Waals surface area contributed by atoms with Crippen LogP contribution in [0.1, 0.15) is 32.8 Å². The van der Waals surface area contributed by atoms with Crippen molar-refractivity contribution in [3.8, 4) is 0 Å². The molecule has 0 bridgehead atoms. The Balaban J connectivity index is 2.71. The van der Waals surface area contributed by atoms with Crippen LogP contribution in [0.3, 0.4) is 0 Å². The third kappa shape index (κ3) is 7.34. The van der Waals surface area contributed by atoms with Gasteiger partial charge in [0, 0.05) is 18.5 Å². The number of hydrogen-bond acceptors (Lipinski definition) is 1. The summed E-state index contributed by atoms with van der Waals surface area (Å²) in [5.74, 6) is -0.00371. The lowest BCUT2D eigenvalue weighted by molar-refractivity contribution is -0.132. The van der Waals surface area contributed by atoms with Crippen LogP contribution in [-0.4, -0.2) is 31.8 Å². The molecular weight excluding hydrogens is 310 g/mol. The van der Waals surface area contributed by atoms with Gasteiger partial charge in [0.1, 0.15) is 5.82 Å². The van der Waals surface area contributed by atoms with Crippen molar-refractivity contribution in [2.75, 3.05) is 19.6 Å². The molecule has 7 heteroatoms. The van der Waals surface area contributed by atoms with Crippen molar-refractivity contribution in [3.05, 3.63) is 35.6 Å². The molecule has 0 aliphatic rings. The van der Waals surface area contributed by atoms with E-state index in [0.717, 1.165) is 5.56 Å². The molecule has 0 fully saturated rings. The first-order valence-corrected chi connectivity index (χ1v) is 7.49. The first-order valence-electron chi connectivity index (χ1n) is 7.49. The predicted octanol–water partition coefficient (Wildman–Crippen LogP) is 3.61. The summed E-state index contributed by atoms with van der Waals surface area (Å²) in [6.45, 7) is 6.26. The van der Waals surface area contributed by atoms with Crippen LogP contribution in [-0.2, 0) is 5.41 Å². The molecule has 0 spiro atoms. The Labute approximate surface area is 134 Å². The zero-order chi connectivity index (χ0) is 17.5. The Morgan fingerprint density at radius 3 is 2.43 bits per heavy atom. The van der Waals surface area contributed by atoms with Crippen molar-refractivity contribution in [1.82, 2.24) is 10.6 Å². The number of aliphatic imine (C=N–C) groups is 1. The summed E-state index contributed by atoms with van der Waals surface area (Å²) in [5.41, 5.74) is 0.349. The van der Waals surface area contributed by atoms with Gasteiger partial charge in [0.2, 0.25) is 0 Å². The van der Waals surface area contributed by atoms with Crippen molar-refractivity contribution < 1.29 is 17.6 Å². The van der Waals surface area contributed by atoms with Gasteiger partial charge in [-0.05, 0) is 24.6 Å². The van der Waals surface area contributed by atoms with E-state index in [2.05, 4.69) is 15.6 Å². The molecule has 0 unspecified atom stereocenters. The molecule has 0 saturated heterocycles. The third-order valence-corrected chi connectivity index (χ3v) is 3.28. The minimum Gasteiger partial charge on any atom is -0.357 e. The van der Waals surface area contributed by atoms with E-state index in [1.54, 1.807) is 6.07 Å². The number of alkyl halides is 3. The SMILES string of the molecule is CCNC(=NCC(C)(C)c1cccc(F)c1)NCCC(F)(F)F. The Kier molecular flexibility index (Phi) is 6.84. The van der Waals surface area contributed by atoms with E-state index in [4.69, 9.17) is 0 Å². The number of hydrogen-bond donors (Lipinski definition) is 2. The Morgan fingerprint density at radius 2 is 1.87 bits per heavy atom. The normalized spacial score (nSPS) is 13.1. The molecule has 0 amide bonds. The predicted molar refractivity (Wildman–Crippen MR) is 84.1 cm³/mol. The van der Waals surface area contributed by atoms with Gasteiger partial charge in [-0.1, -0.05) is 26.0 Å². The van der Waals surface area contributed by atoms with Crippen molar-refractivity contribution in [2.24, 2.45) is 4.99 Å². The van der Waals surface area contributed by atoms with Crippen LogP contribution in [0.4, 0.5) is 17.6 Å². The summed E-state index contributed by atoms with van der Waals surface area (Å²) in [6.07, 6.45) is -5.13. The zero-order valence-corrected chi connectivity index (χ0v) is 13.6. The maximum Gasteiger partial charge on any atom is 0.390 e. The van der Waals surface area contributed by atoms with Crippen molar-refractivity contribution in [2.45, 2.75) is 38.8 Å². The van der Waals surface area contributed by atoms with E-state index in [1.165, 1.54) is 12.1 Å². The summed E-state index contributed by atoms with van der Waals surface area (Å²) >= 11 is 0. The van der Waals surface area contributed by atoms with Crippen LogP contribution in [0.15, 0.2) is 29.3 Å². The van der Waals surface area contributed by atoms with Crippen LogP contribution in [0.25, 0.3) is 0 Å². The fraction of sp³-hybridized carbons (Fsp3) is 0.562. The van der Waals surface area contributed by atoms with Crippen molar-refractivity contribution in [3.63, 3.8) is 0 Å². The average molecular weight is 333 g/mol. The second kappa shape index (κ2) is 8.17. The highest BCUT2D eigenvalue weighted by Crippen LogP contribution is 2.24. The van der Waals surface area contributed by atoms with Crippen LogP contribution in [0.5, 0.6) is 0 Å². The summed E-state index contributed by atoms with van der Waals surface area (Å²) in [5, 5.41) is 5.56. The standard InChI is InChI=1S/C16H23F4N3/c1-4-21-14(22-9-8-16(18,19)20)23-11-15(2,3)12-6-5-7-13(17)10-12/h5-7,10H,4,8-9,11H2,1-3H3,(H2,21,22,23). The number of rotatable bonds is 6. The molecule has 1 aromatic carbocycles. The smallest absolute Gasteiger partial charge is 0.357 e. The molecule has 1 aromatic rings. The molecule has 130 valence electrons. The molecule has 0 saturated carbocycles. The van der Waals surface area contributed by atoms with Crippen molar-refractivity contribution in [1.29, 1.82) is 0 Å². The fourth-order valence-corrected chi connectivity index (χ4v) is 1.94. The van der Waals surface area contributed by atoms with E-state index >= 15 is 0 Å². The summed E-state index contributed by atoms with van der Waals surface area (Å²) < 4.78 is 49.9. The lowest BCUT2D eigenvalue weighted by Crippen LogP contribution is -2.40. The quantitative estimate of drug-likeness (QED) is 0.474. The molecule has 23 heavy (non-hydrogen) atoms. The average Bonchev–Trinajstić information content (AvgIpc) is 2.43. The highest BCUT2D eigenvalue weighted by atomic mass is 19.4. The first-order chi connectivity index (χ1) is 10.6. The van der Waals surface area contributed by atoms with Gasteiger partial charge < -0.3 is 10.6 Å². The van der Waals surface area contributed by atoms with Crippen LogP contribution in [0.2, 0.25) is 0 Å². The maximum absolute atomic E-state index is 13.3. The number of guanidine groups is 1. The van der Waals surface area contributed by atoms with Gasteiger partial charge in [-0.2, -0.15) is 13.2 Å². The molecule has 0 heterocycles. The third-order valence-electron chi connectivity index (χ3n) is 3.28. The second-order valence-corrected chi connectivity index (χ2v) is 5.88.